The van der Waals surface area contributed by atoms with Gasteiger partial charge in [0.05, 0.1) is 17.5 Å². The van der Waals surface area contributed by atoms with Gasteiger partial charge >= 0.3 is 5.97 Å². The summed E-state index contributed by atoms with van der Waals surface area (Å²) in [5, 5.41) is 0. The fourth-order valence-electron chi connectivity index (χ4n) is 1.41. The van der Waals surface area contributed by atoms with Gasteiger partial charge in [0.15, 0.2) is 0 Å². The molecule has 11 heavy (non-hydrogen) atoms. The molecule has 0 atom stereocenters. The van der Waals surface area contributed by atoms with Crippen molar-refractivity contribution in [2.45, 2.75) is 33.1 Å². The van der Waals surface area contributed by atoms with Crippen LogP contribution in [0.2, 0.25) is 0 Å². The molecule has 0 radical (unpaired) electrons. The smallest absolute Gasteiger partial charge is 0.324 e. The highest BCUT2D eigenvalue weighted by molar-refractivity contribution is 7.95. The first-order valence-corrected chi connectivity index (χ1v) is 5.00. The zero-order valence-electron chi connectivity index (χ0n) is 7.05. The van der Waals surface area contributed by atoms with E-state index in [0.717, 1.165) is 25.0 Å². The number of carbonyl (C=O) groups is 1. The van der Waals surface area contributed by atoms with Crippen molar-refractivity contribution < 1.29 is 8.98 Å². The zero-order chi connectivity index (χ0) is 8.32. The summed E-state index contributed by atoms with van der Waals surface area (Å²) in [7, 11) is 0. The molecule has 0 unspecified atom stereocenters. The first-order valence-electron chi connectivity index (χ1n) is 4.09. The minimum absolute atomic E-state index is 0.0150. The van der Waals surface area contributed by atoms with Gasteiger partial charge in [0.2, 0.25) is 0 Å². The molecule has 1 fully saturated rings. The van der Waals surface area contributed by atoms with Crippen LogP contribution in [0.5, 0.6) is 0 Å². The summed E-state index contributed by atoms with van der Waals surface area (Å²) in [6.07, 6.45) is 2.79. The molecule has 1 saturated heterocycles. The van der Waals surface area contributed by atoms with Crippen LogP contribution in [0.4, 0.5) is 0 Å². The molecule has 0 saturated carbocycles. The van der Waals surface area contributed by atoms with Crippen LogP contribution in [0.1, 0.15) is 33.1 Å². The highest BCUT2D eigenvalue weighted by Crippen LogP contribution is 2.38. The molecular formula is C8H14O2S. The van der Waals surface area contributed by atoms with Gasteiger partial charge in [-0.25, -0.2) is 0 Å². The molecule has 64 valence electrons. The van der Waals surface area contributed by atoms with Crippen LogP contribution >= 0.6 is 12.0 Å². The van der Waals surface area contributed by atoms with E-state index < -0.39 is 0 Å². The summed E-state index contributed by atoms with van der Waals surface area (Å²) in [6, 6.07) is 0. The normalized spacial score (nSPS) is 22.9. The predicted molar refractivity (Wildman–Crippen MR) is 46.2 cm³/mol. The molecule has 3 heteroatoms. The van der Waals surface area contributed by atoms with Crippen LogP contribution in [-0.2, 0) is 8.98 Å². The summed E-state index contributed by atoms with van der Waals surface area (Å²) in [6.45, 7) is 4.11. The molecule has 1 aliphatic rings. The summed E-state index contributed by atoms with van der Waals surface area (Å²) >= 11 is 1.29. The van der Waals surface area contributed by atoms with Crippen molar-refractivity contribution in [2.24, 2.45) is 5.41 Å². The van der Waals surface area contributed by atoms with E-state index in [-0.39, 0.29) is 11.4 Å². The van der Waals surface area contributed by atoms with E-state index >= 15 is 0 Å². The Morgan fingerprint density at radius 1 is 1.55 bits per heavy atom. The number of hydrogen-bond donors (Lipinski definition) is 0. The Balaban J connectivity index is 2.69. The second kappa shape index (κ2) is 3.48. The molecular weight excluding hydrogens is 160 g/mol. The van der Waals surface area contributed by atoms with Crippen molar-refractivity contribution in [3.05, 3.63) is 0 Å². The standard InChI is InChI=1S/C8H14O2S/c1-3-8(4-2)5-6-11-10-7(8)9/h3-6H2,1-2H3. The minimum atomic E-state index is -0.161. The quantitative estimate of drug-likeness (QED) is 0.601. The summed E-state index contributed by atoms with van der Waals surface area (Å²) in [4.78, 5) is 11.3. The Hall–Kier alpha value is -0.180. The Morgan fingerprint density at radius 2 is 2.18 bits per heavy atom. The average Bonchev–Trinajstić information content (AvgIpc) is 2.06. The van der Waals surface area contributed by atoms with E-state index in [1.54, 1.807) is 0 Å². The third-order valence-electron chi connectivity index (χ3n) is 2.59. The molecule has 0 aliphatic carbocycles. The lowest BCUT2D eigenvalue weighted by Crippen LogP contribution is -2.34. The molecule has 0 aromatic heterocycles. The van der Waals surface area contributed by atoms with Gasteiger partial charge in [0.1, 0.15) is 0 Å². The van der Waals surface area contributed by atoms with Crippen molar-refractivity contribution in [3.63, 3.8) is 0 Å². The van der Waals surface area contributed by atoms with Crippen LogP contribution < -0.4 is 0 Å². The third kappa shape index (κ3) is 1.53. The topological polar surface area (TPSA) is 26.3 Å². The molecule has 0 bridgehead atoms. The van der Waals surface area contributed by atoms with Gasteiger partial charge in [-0.15, -0.1) is 0 Å². The Labute approximate surface area is 71.9 Å². The third-order valence-corrected chi connectivity index (χ3v) is 3.23. The lowest BCUT2D eigenvalue weighted by atomic mass is 9.80. The van der Waals surface area contributed by atoms with Gasteiger partial charge in [0, 0.05) is 5.75 Å². The summed E-state index contributed by atoms with van der Waals surface area (Å²) in [5.74, 6) is 0.937. The van der Waals surface area contributed by atoms with E-state index in [2.05, 4.69) is 13.8 Å². The van der Waals surface area contributed by atoms with Crippen molar-refractivity contribution in [3.8, 4) is 0 Å². The fourth-order valence-corrected chi connectivity index (χ4v) is 2.26. The van der Waals surface area contributed by atoms with Gasteiger partial charge in [-0.3, -0.25) is 4.79 Å². The predicted octanol–water partition coefficient (Wildman–Crippen LogP) is 2.39. The van der Waals surface area contributed by atoms with Gasteiger partial charge < -0.3 is 4.18 Å². The van der Waals surface area contributed by atoms with Crippen LogP contribution in [0, 0.1) is 5.41 Å². The van der Waals surface area contributed by atoms with E-state index in [1.807, 2.05) is 0 Å². The Kier molecular flexibility index (Phi) is 2.82. The first kappa shape index (κ1) is 8.91. The molecule has 0 aromatic carbocycles. The number of carbonyl (C=O) groups excluding carboxylic acids is 1. The highest BCUT2D eigenvalue weighted by Gasteiger charge is 2.39. The fraction of sp³-hybridized carbons (Fsp3) is 0.875. The number of hydrogen-bond acceptors (Lipinski definition) is 3. The molecule has 1 rings (SSSR count). The Bertz CT molecular complexity index is 152. The Morgan fingerprint density at radius 3 is 2.55 bits per heavy atom. The van der Waals surface area contributed by atoms with Crippen molar-refractivity contribution in [1.29, 1.82) is 0 Å². The second-order valence-corrected chi connectivity index (χ2v) is 3.74. The highest BCUT2D eigenvalue weighted by atomic mass is 32.2. The van der Waals surface area contributed by atoms with Crippen LogP contribution in [-0.4, -0.2) is 11.7 Å². The number of rotatable bonds is 2. The average molecular weight is 174 g/mol. The second-order valence-electron chi connectivity index (χ2n) is 2.93. The first-order chi connectivity index (χ1) is 5.25. The molecule has 1 heterocycles. The van der Waals surface area contributed by atoms with E-state index in [4.69, 9.17) is 4.18 Å². The summed E-state index contributed by atoms with van der Waals surface area (Å²) in [5.41, 5.74) is -0.161. The lowest BCUT2D eigenvalue weighted by Gasteiger charge is -2.31. The van der Waals surface area contributed by atoms with Crippen molar-refractivity contribution in [2.75, 3.05) is 5.75 Å². The SMILES string of the molecule is CCC1(CC)CCSOC1=O. The molecule has 0 aromatic rings. The van der Waals surface area contributed by atoms with Gasteiger partial charge in [-0.2, -0.15) is 0 Å². The zero-order valence-corrected chi connectivity index (χ0v) is 7.87. The molecule has 2 nitrogen and oxygen atoms in total. The monoisotopic (exact) mass is 174 g/mol. The summed E-state index contributed by atoms with van der Waals surface area (Å²) < 4.78 is 4.95. The van der Waals surface area contributed by atoms with Crippen molar-refractivity contribution in [1.82, 2.24) is 0 Å². The van der Waals surface area contributed by atoms with Gasteiger partial charge in [-0.05, 0) is 19.3 Å². The van der Waals surface area contributed by atoms with E-state index in [1.165, 1.54) is 12.0 Å². The van der Waals surface area contributed by atoms with E-state index in [0.29, 0.717) is 0 Å². The molecule has 0 spiro atoms. The molecule has 0 N–H and O–H groups in total. The van der Waals surface area contributed by atoms with Crippen molar-refractivity contribution >= 4 is 18.0 Å². The maximum atomic E-state index is 11.3. The van der Waals surface area contributed by atoms with Gasteiger partial charge in [-0.1, -0.05) is 13.8 Å². The van der Waals surface area contributed by atoms with Crippen LogP contribution in [0.15, 0.2) is 0 Å². The lowest BCUT2D eigenvalue weighted by molar-refractivity contribution is -0.146. The van der Waals surface area contributed by atoms with Crippen LogP contribution in [0.25, 0.3) is 0 Å². The van der Waals surface area contributed by atoms with Crippen LogP contribution in [0.3, 0.4) is 0 Å². The van der Waals surface area contributed by atoms with E-state index in [9.17, 15) is 4.79 Å². The van der Waals surface area contributed by atoms with Gasteiger partial charge in [0.25, 0.3) is 0 Å². The maximum absolute atomic E-state index is 11.3. The largest absolute Gasteiger partial charge is 0.391 e. The molecule has 0 amide bonds. The maximum Gasteiger partial charge on any atom is 0.324 e. The minimum Gasteiger partial charge on any atom is -0.391 e. The molecule has 1 aliphatic heterocycles.